The maximum absolute atomic E-state index is 5.67. The van der Waals surface area contributed by atoms with Gasteiger partial charge in [-0.3, -0.25) is 0 Å². The Bertz CT molecular complexity index is 354. The molecule has 2 nitrogen and oxygen atoms in total. The monoisotopic (exact) mass is 204 g/mol. The van der Waals surface area contributed by atoms with Gasteiger partial charge >= 0.3 is 0 Å². The Morgan fingerprint density at radius 3 is 3.07 bits per heavy atom. The summed E-state index contributed by atoms with van der Waals surface area (Å²) in [6.07, 6.45) is 3.12. The second-order valence-electron chi connectivity index (χ2n) is 3.82. The molecule has 1 aromatic carbocycles. The Kier molecular flexibility index (Phi) is 3.07. The van der Waals surface area contributed by atoms with Crippen LogP contribution in [0.1, 0.15) is 11.1 Å². The molecule has 1 aliphatic rings. The van der Waals surface area contributed by atoms with Gasteiger partial charge in [-0.25, -0.2) is 0 Å². The molecule has 0 aromatic heterocycles. The van der Waals surface area contributed by atoms with Gasteiger partial charge in [0.1, 0.15) is 12.4 Å². The Labute approximate surface area is 90.5 Å². The van der Waals surface area contributed by atoms with Crippen LogP contribution in [0.15, 0.2) is 30.9 Å². The number of benzene rings is 1. The second kappa shape index (κ2) is 4.49. The molecule has 1 aromatic rings. The van der Waals surface area contributed by atoms with Gasteiger partial charge in [0.15, 0.2) is 0 Å². The topological polar surface area (TPSA) is 21.8 Å². The summed E-state index contributed by atoms with van der Waals surface area (Å²) in [4.78, 5) is 0. The standard InChI is InChI=1S/C13H16O2/c1-3-7-14-13-10(2)5-4-6-11(13)8-12-9-15-12/h3-6,12H,1,7-9H2,2H3. The van der Waals surface area contributed by atoms with E-state index in [-0.39, 0.29) is 0 Å². The number of rotatable bonds is 5. The van der Waals surface area contributed by atoms with E-state index in [9.17, 15) is 0 Å². The van der Waals surface area contributed by atoms with E-state index in [0.29, 0.717) is 12.7 Å². The second-order valence-corrected chi connectivity index (χ2v) is 3.82. The predicted molar refractivity (Wildman–Crippen MR) is 60.3 cm³/mol. The van der Waals surface area contributed by atoms with Crippen LogP contribution in [0.5, 0.6) is 5.75 Å². The summed E-state index contributed by atoms with van der Waals surface area (Å²) in [6, 6.07) is 6.23. The molecule has 1 aliphatic heterocycles. The van der Waals surface area contributed by atoms with E-state index >= 15 is 0 Å². The van der Waals surface area contributed by atoms with Gasteiger partial charge in [-0.1, -0.05) is 30.9 Å². The molecule has 1 saturated heterocycles. The first kappa shape index (κ1) is 10.2. The minimum Gasteiger partial charge on any atom is -0.489 e. The molecule has 2 heteroatoms. The minimum absolute atomic E-state index is 0.401. The zero-order chi connectivity index (χ0) is 10.7. The Morgan fingerprint density at radius 2 is 2.40 bits per heavy atom. The highest BCUT2D eigenvalue weighted by Gasteiger charge is 2.24. The third-order valence-electron chi connectivity index (χ3n) is 2.49. The molecule has 2 rings (SSSR count). The highest BCUT2D eigenvalue weighted by Crippen LogP contribution is 2.27. The van der Waals surface area contributed by atoms with Gasteiger partial charge in [-0.05, 0) is 18.1 Å². The molecule has 0 radical (unpaired) electrons. The lowest BCUT2D eigenvalue weighted by molar-refractivity contribution is 0.352. The molecule has 0 aliphatic carbocycles. The van der Waals surface area contributed by atoms with Crippen molar-refractivity contribution in [3.8, 4) is 5.75 Å². The van der Waals surface area contributed by atoms with Crippen LogP contribution in [-0.2, 0) is 11.2 Å². The zero-order valence-corrected chi connectivity index (χ0v) is 9.03. The molecule has 0 amide bonds. The summed E-state index contributed by atoms with van der Waals surface area (Å²) in [5.41, 5.74) is 2.41. The van der Waals surface area contributed by atoms with Gasteiger partial charge in [0.25, 0.3) is 0 Å². The first-order valence-electron chi connectivity index (χ1n) is 5.25. The van der Waals surface area contributed by atoms with Crippen LogP contribution in [0.4, 0.5) is 0 Å². The first-order chi connectivity index (χ1) is 7.31. The van der Waals surface area contributed by atoms with Crippen LogP contribution in [0, 0.1) is 6.92 Å². The summed E-state index contributed by atoms with van der Waals surface area (Å²) in [5.74, 6) is 0.993. The van der Waals surface area contributed by atoms with E-state index in [4.69, 9.17) is 9.47 Å². The highest BCUT2D eigenvalue weighted by atomic mass is 16.6. The lowest BCUT2D eigenvalue weighted by atomic mass is 10.1. The van der Waals surface area contributed by atoms with Crippen molar-refractivity contribution >= 4 is 0 Å². The fraction of sp³-hybridized carbons (Fsp3) is 0.385. The molecular formula is C13H16O2. The van der Waals surface area contributed by atoms with Crippen molar-refractivity contribution in [2.24, 2.45) is 0 Å². The Hall–Kier alpha value is -1.28. The van der Waals surface area contributed by atoms with E-state index in [2.05, 4.69) is 31.7 Å². The molecule has 1 unspecified atom stereocenters. The van der Waals surface area contributed by atoms with Crippen LogP contribution in [0.3, 0.4) is 0 Å². The molecule has 0 spiro atoms. The van der Waals surface area contributed by atoms with Gasteiger partial charge in [0.05, 0.1) is 12.7 Å². The smallest absolute Gasteiger partial charge is 0.125 e. The van der Waals surface area contributed by atoms with Crippen LogP contribution in [0.25, 0.3) is 0 Å². The van der Waals surface area contributed by atoms with Gasteiger partial charge in [0, 0.05) is 6.42 Å². The molecule has 15 heavy (non-hydrogen) atoms. The number of aryl methyl sites for hydroxylation is 1. The SMILES string of the molecule is C=CCOc1c(C)cccc1CC1CO1. The Morgan fingerprint density at radius 1 is 1.60 bits per heavy atom. The quantitative estimate of drug-likeness (QED) is 0.543. The van der Waals surface area contributed by atoms with Crippen molar-refractivity contribution in [3.63, 3.8) is 0 Å². The van der Waals surface area contributed by atoms with E-state index in [1.165, 1.54) is 11.1 Å². The molecule has 1 atom stereocenters. The molecule has 1 heterocycles. The lowest BCUT2D eigenvalue weighted by Gasteiger charge is -2.12. The van der Waals surface area contributed by atoms with Crippen molar-refractivity contribution in [3.05, 3.63) is 42.0 Å². The Balaban J connectivity index is 2.17. The highest BCUT2D eigenvalue weighted by molar-refractivity contribution is 5.41. The van der Waals surface area contributed by atoms with Gasteiger partial charge in [-0.15, -0.1) is 0 Å². The maximum atomic E-state index is 5.67. The van der Waals surface area contributed by atoms with Gasteiger partial charge in [0.2, 0.25) is 0 Å². The van der Waals surface area contributed by atoms with Crippen molar-refractivity contribution in [1.82, 2.24) is 0 Å². The van der Waals surface area contributed by atoms with Crippen LogP contribution in [-0.4, -0.2) is 19.3 Å². The average Bonchev–Trinajstić information content (AvgIpc) is 3.01. The summed E-state index contributed by atoms with van der Waals surface area (Å²) >= 11 is 0. The zero-order valence-electron chi connectivity index (χ0n) is 9.03. The third-order valence-corrected chi connectivity index (χ3v) is 2.49. The van der Waals surface area contributed by atoms with Crippen LogP contribution >= 0.6 is 0 Å². The van der Waals surface area contributed by atoms with Crippen molar-refractivity contribution < 1.29 is 9.47 Å². The number of hydrogen-bond acceptors (Lipinski definition) is 2. The van der Waals surface area contributed by atoms with Crippen molar-refractivity contribution in [2.75, 3.05) is 13.2 Å². The normalized spacial score (nSPS) is 18.6. The van der Waals surface area contributed by atoms with E-state index < -0.39 is 0 Å². The third kappa shape index (κ3) is 2.60. The van der Waals surface area contributed by atoms with E-state index in [1.54, 1.807) is 6.08 Å². The number of para-hydroxylation sites is 1. The lowest BCUT2D eigenvalue weighted by Crippen LogP contribution is -2.02. The largest absolute Gasteiger partial charge is 0.489 e. The van der Waals surface area contributed by atoms with Crippen LogP contribution in [0.2, 0.25) is 0 Å². The fourth-order valence-corrected chi connectivity index (χ4v) is 1.65. The van der Waals surface area contributed by atoms with Crippen LogP contribution < -0.4 is 4.74 Å². The molecule has 0 saturated carbocycles. The van der Waals surface area contributed by atoms with Gasteiger partial charge in [-0.2, -0.15) is 0 Å². The van der Waals surface area contributed by atoms with Crippen molar-refractivity contribution in [2.45, 2.75) is 19.4 Å². The van der Waals surface area contributed by atoms with E-state index in [0.717, 1.165) is 18.8 Å². The van der Waals surface area contributed by atoms with Gasteiger partial charge < -0.3 is 9.47 Å². The molecule has 1 fully saturated rings. The maximum Gasteiger partial charge on any atom is 0.125 e. The number of ether oxygens (including phenoxy) is 2. The minimum atomic E-state index is 0.401. The number of hydrogen-bond donors (Lipinski definition) is 0. The summed E-state index contributed by atoms with van der Waals surface area (Å²) < 4.78 is 10.9. The summed E-state index contributed by atoms with van der Waals surface area (Å²) in [6.45, 7) is 7.17. The summed E-state index contributed by atoms with van der Waals surface area (Å²) in [7, 11) is 0. The van der Waals surface area contributed by atoms with Crippen molar-refractivity contribution in [1.29, 1.82) is 0 Å². The number of epoxide rings is 1. The summed E-state index contributed by atoms with van der Waals surface area (Å²) in [5, 5.41) is 0. The molecular weight excluding hydrogens is 188 g/mol. The molecule has 80 valence electrons. The predicted octanol–water partition coefficient (Wildman–Crippen LogP) is 2.50. The average molecular weight is 204 g/mol. The molecule has 0 N–H and O–H groups in total. The fourth-order valence-electron chi connectivity index (χ4n) is 1.65. The van der Waals surface area contributed by atoms with E-state index in [1.807, 2.05) is 0 Å². The first-order valence-corrected chi connectivity index (χ1v) is 5.25. The molecule has 0 bridgehead atoms.